The van der Waals surface area contributed by atoms with Crippen molar-refractivity contribution < 1.29 is 8.91 Å². The SMILES string of the molecule is Fc1ccc2c(C3CCCNCC3)noc2c1. The minimum absolute atomic E-state index is 0.275. The Morgan fingerprint density at radius 1 is 1.29 bits per heavy atom. The fourth-order valence-corrected chi connectivity index (χ4v) is 2.52. The highest BCUT2D eigenvalue weighted by Crippen LogP contribution is 2.31. The van der Waals surface area contributed by atoms with Crippen molar-refractivity contribution in [3.8, 4) is 0 Å². The molecule has 0 bridgehead atoms. The summed E-state index contributed by atoms with van der Waals surface area (Å²) < 4.78 is 18.3. The number of hydrogen-bond acceptors (Lipinski definition) is 3. The van der Waals surface area contributed by atoms with Crippen molar-refractivity contribution in [2.45, 2.75) is 25.2 Å². The molecule has 1 N–H and O–H groups in total. The quantitative estimate of drug-likeness (QED) is 0.824. The molecule has 0 saturated carbocycles. The summed E-state index contributed by atoms with van der Waals surface area (Å²) in [6.45, 7) is 2.08. The lowest BCUT2D eigenvalue weighted by Gasteiger charge is -2.09. The van der Waals surface area contributed by atoms with Crippen LogP contribution in [0.1, 0.15) is 30.9 Å². The highest BCUT2D eigenvalue weighted by atomic mass is 19.1. The van der Waals surface area contributed by atoms with Gasteiger partial charge in [0.2, 0.25) is 0 Å². The zero-order valence-electron chi connectivity index (χ0n) is 9.58. The van der Waals surface area contributed by atoms with Gasteiger partial charge in [-0.3, -0.25) is 0 Å². The van der Waals surface area contributed by atoms with Gasteiger partial charge in [-0.05, 0) is 44.5 Å². The van der Waals surface area contributed by atoms with Gasteiger partial charge in [-0.25, -0.2) is 4.39 Å². The molecule has 2 heterocycles. The fourth-order valence-electron chi connectivity index (χ4n) is 2.52. The Morgan fingerprint density at radius 2 is 2.24 bits per heavy atom. The third-order valence-corrected chi connectivity index (χ3v) is 3.42. The number of fused-ring (bicyclic) bond motifs is 1. The Hall–Kier alpha value is -1.42. The lowest BCUT2D eigenvalue weighted by Crippen LogP contribution is -2.13. The third-order valence-electron chi connectivity index (χ3n) is 3.42. The van der Waals surface area contributed by atoms with Crippen LogP contribution in [0.15, 0.2) is 22.7 Å². The van der Waals surface area contributed by atoms with E-state index in [1.165, 1.54) is 12.1 Å². The van der Waals surface area contributed by atoms with Crippen LogP contribution < -0.4 is 5.32 Å². The second kappa shape index (κ2) is 4.45. The standard InChI is InChI=1S/C13H15FN2O/c14-10-3-4-11-12(8-10)17-16-13(11)9-2-1-6-15-7-5-9/h3-4,8-9,15H,1-2,5-7H2. The van der Waals surface area contributed by atoms with Gasteiger partial charge < -0.3 is 9.84 Å². The van der Waals surface area contributed by atoms with Crippen molar-refractivity contribution >= 4 is 11.0 Å². The Labute approximate surface area is 99.0 Å². The van der Waals surface area contributed by atoms with E-state index < -0.39 is 0 Å². The summed E-state index contributed by atoms with van der Waals surface area (Å²) in [5.41, 5.74) is 1.54. The molecule has 1 unspecified atom stereocenters. The Morgan fingerprint density at radius 3 is 3.18 bits per heavy atom. The van der Waals surface area contributed by atoms with E-state index in [1.807, 2.05) is 0 Å². The molecule has 1 aromatic carbocycles. The topological polar surface area (TPSA) is 38.1 Å². The van der Waals surface area contributed by atoms with Crippen LogP contribution in [0, 0.1) is 5.82 Å². The molecule has 17 heavy (non-hydrogen) atoms. The predicted molar refractivity (Wildman–Crippen MR) is 63.4 cm³/mol. The summed E-state index contributed by atoms with van der Waals surface area (Å²) in [5, 5.41) is 8.47. The maximum Gasteiger partial charge on any atom is 0.170 e. The average Bonchev–Trinajstić information content (AvgIpc) is 2.57. The molecule has 0 spiro atoms. The molecule has 1 aliphatic rings. The molecular formula is C13H15FN2O. The molecule has 3 rings (SSSR count). The highest BCUT2D eigenvalue weighted by Gasteiger charge is 2.20. The number of nitrogens with zero attached hydrogens (tertiary/aromatic N) is 1. The third kappa shape index (κ3) is 2.05. The van der Waals surface area contributed by atoms with Crippen LogP contribution >= 0.6 is 0 Å². The first-order valence-electron chi connectivity index (χ1n) is 6.10. The number of benzene rings is 1. The number of hydrogen-bond donors (Lipinski definition) is 1. The number of rotatable bonds is 1. The molecule has 1 fully saturated rings. The van der Waals surface area contributed by atoms with E-state index in [-0.39, 0.29) is 5.82 Å². The van der Waals surface area contributed by atoms with Crippen molar-refractivity contribution in [2.75, 3.05) is 13.1 Å². The Balaban J connectivity index is 1.98. The molecule has 2 aromatic rings. The monoisotopic (exact) mass is 234 g/mol. The van der Waals surface area contributed by atoms with E-state index in [1.54, 1.807) is 6.07 Å². The first-order chi connectivity index (χ1) is 8.34. The van der Waals surface area contributed by atoms with Crippen molar-refractivity contribution in [2.24, 2.45) is 0 Å². The zero-order chi connectivity index (χ0) is 11.7. The molecule has 1 saturated heterocycles. The molecule has 90 valence electrons. The van der Waals surface area contributed by atoms with Gasteiger partial charge in [-0.15, -0.1) is 0 Å². The minimum atomic E-state index is -0.275. The maximum atomic E-state index is 13.1. The molecule has 0 radical (unpaired) electrons. The molecule has 1 aliphatic heterocycles. The van der Waals surface area contributed by atoms with Gasteiger partial charge in [0.05, 0.1) is 5.69 Å². The smallest absolute Gasteiger partial charge is 0.170 e. The van der Waals surface area contributed by atoms with Gasteiger partial charge in [-0.2, -0.15) is 0 Å². The molecular weight excluding hydrogens is 219 g/mol. The Kier molecular flexibility index (Phi) is 2.81. The van der Waals surface area contributed by atoms with E-state index >= 15 is 0 Å². The number of halogens is 1. The summed E-state index contributed by atoms with van der Waals surface area (Å²) in [7, 11) is 0. The van der Waals surface area contributed by atoms with E-state index in [4.69, 9.17) is 4.52 Å². The second-order valence-electron chi connectivity index (χ2n) is 4.59. The van der Waals surface area contributed by atoms with Gasteiger partial charge in [0.1, 0.15) is 5.82 Å². The summed E-state index contributed by atoms with van der Waals surface area (Å²) in [4.78, 5) is 0. The Bertz CT molecular complexity index is 515. The minimum Gasteiger partial charge on any atom is -0.356 e. The normalized spacial score (nSPS) is 21.6. The fraction of sp³-hybridized carbons (Fsp3) is 0.462. The van der Waals surface area contributed by atoms with Crippen molar-refractivity contribution in [1.82, 2.24) is 10.5 Å². The van der Waals surface area contributed by atoms with Crippen molar-refractivity contribution in [3.63, 3.8) is 0 Å². The van der Waals surface area contributed by atoms with E-state index in [0.29, 0.717) is 11.5 Å². The van der Waals surface area contributed by atoms with Crippen LogP contribution in [-0.2, 0) is 0 Å². The highest BCUT2D eigenvalue weighted by molar-refractivity contribution is 5.79. The lowest BCUT2D eigenvalue weighted by molar-refractivity contribution is 0.429. The molecule has 1 atom stereocenters. The van der Waals surface area contributed by atoms with Crippen LogP contribution in [0.3, 0.4) is 0 Å². The summed E-state index contributed by atoms with van der Waals surface area (Å²) in [6.07, 6.45) is 3.34. The number of nitrogens with one attached hydrogen (secondary N) is 1. The molecule has 4 heteroatoms. The summed E-state index contributed by atoms with van der Waals surface area (Å²) in [6, 6.07) is 4.65. The van der Waals surface area contributed by atoms with E-state index in [2.05, 4.69) is 10.5 Å². The predicted octanol–water partition coefficient (Wildman–Crippen LogP) is 2.82. The van der Waals surface area contributed by atoms with Crippen LogP contribution in [-0.4, -0.2) is 18.2 Å². The summed E-state index contributed by atoms with van der Waals surface area (Å²) >= 11 is 0. The maximum absolute atomic E-state index is 13.1. The van der Waals surface area contributed by atoms with E-state index in [0.717, 1.165) is 43.4 Å². The largest absolute Gasteiger partial charge is 0.356 e. The zero-order valence-corrected chi connectivity index (χ0v) is 9.58. The van der Waals surface area contributed by atoms with Gasteiger partial charge in [-0.1, -0.05) is 5.16 Å². The van der Waals surface area contributed by atoms with Gasteiger partial charge in [0, 0.05) is 17.4 Å². The van der Waals surface area contributed by atoms with Crippen LogP contribution in [0.4, 0.5) is 4.39 Å². The van der Waals surface area contributed by atoms with Crippen LogP contribution in [0.5, 0.6) is 0 Å². The van der Waals surface area contributed by atoms with Crippen molar-refractivity contribution in [1.29, 1.82) is 0 Å². The first-order valence-corrected chi connectivity index (χ1v) is 6.10. The van der Waals surface area contributed by atoms with Gasteiger partial charge >= 0.3 is 0 Å². The molecule has 0 aliphatic carbocycles. The second-order valence-corrected chi connectivity index (χ2v) is 4.59. The lowest BCUT2D eigenvalue weighted by atomic mass is 9.94. The average molecular weight is 234 g/mol. The van der Waals surface area contributed by atoms with E-state index in [9.17, 15) is 4.39 Å². The molecule has 1 aromatic heterocycles. The van der Waals surface area contributed by atoms with Gasteiger partial charge in [0.15, 0.2) is 5.58 Å². The van der Waals surface area contributed by atoms with Crippen LogP contribution in [0.25, 0.3) is 11.0 Å². The summed E-state index contributed by atoms with van der Waals surface area (Å²) in [5.74, 6) is 0.152. The molecule has 3 nitrogen and oxygen atoms in total. The first kappa shape index (κ1) is 10.7. The van der Waals surface area contributed by atoms with Gasteiger partial charge in [0.25, 0.3) is 0 Å². The number of aromatic nitrogens is 1. The molecule has 0 amide bonds. The van der Waals surface area contributed by atoms with Crippen LogP contribution in [0.2, 0.25) is 0 Å². The van der Waals surface area contributed by atoms with Crippen molar-refractivity contribution in [3.05, 3.63) is 29.7 Å².